The number of nitrogens with zero attached hydrogens (tertiary/aromatic N) is 3. The van der Waals surface area contributed by atoms with Crippen molar-refractivity contribution in [3.05, 3.63) is 53.9 Å². The highest BCUT2D eigenvalue weighted by Gasteiger charge is 2.26. The van der Waals surface area contributed by atoms with Crippen molar-refractivity contribution in [2.24, 2.45) is 0 Å². The fourth-order valence-corrected chi connectivity index (χ4v) is 3.30. The molecular formula is C19H20FN3O. The third-order valence-corrected chi connectivity index (χ3v) is 4.68. The molecule has 2 atom stereocenters. The molecule has 2 aromatic rings. The van der Waals surface area contributed by atoms with E-state index >= 15 is 0 Å². The molecule has 0 N–H and O–H groups in total. The zero-order valence-corrected chi connectivity index (χ0v) is 13.7. The highest BCUT2D eigenvalue weighted by molar-refractivity contribution is 5.76. The number of rotatable bonds is 3. The van der Waals surface area contributed by atoms with E-state index < -0.39 is 6.17 Å². The Balaban J connectivity index is 1.53. The van der Waals surface area contributed by atoms with Gasteiger partial charge in [0.25, 0.3) is 0 Å². The summed E-state index contributed by atoms with van der Waals surface area (Å²) in [6.45, 7) is 2.03. The van der Waals surface area contributed by atoms with Crippen LogP contribution in [0.3, 0.4) is 0 Å². The van der Waals surface area contributed by atoms with E-state index in [0.29, 0.717) is 18.2 Å². The predicted molar refractivity (Wildman–Crippen MR) is 91.2 cm³/mol. The van der Waals surface area contributed by atoms with Crippen molar-refractivity contribution in [2.45, 2.75) is 24.9 Å². The molecule has 1 saturated heterocycles. The summed E-state index contributed by atoms with van der Waals surface area (Å²) in [5, 5.41) is 4.12. The molecule has 124 valence electrons. The van der Waals surface area contributed by atoms with Crippen molar-refractivity contribution in [3.8, 4) is 11.4 Å². The van der Waals surface area contributed by atoms with Gasteiger partial charge in [0.2, 0.25) is 11.7 Å². The highest BCUT2D eigenvalue weighted by Crippen LogP contribution is 2.28. The van der Waals surface area contributed by atoms with Crippen LogP contribution in [0.25, 0.3) is 17.0 Å². The quantitative estimate of drug-likeness (QED) is 0.860. The van der Waals surface area contributed by atoms with Crippen molar-refractivity contribution in [1.29, 1.82) is 0 Å². The van der Waals surface area contributed by atoms with Crippen LogP contribution in [0.5, 0.6) is 0 Å². The third-order valence-electron chi connectivity index (χ3n) is 4.68. The van der Waals surface area contributed by atoms with E-state index in [2.05, 4.69) is 22.1 Å². The first-order chi connectivity index (χ1) is 11.7. The van der Waals surface area contributed by atoms with Gasteiger partial charge in [-0.3, -0.25) is 0 Å². The summed E-state index contributed by atoms with van der Waals surface area (Å²) < 4.78 is 18.9. The number of benzene rings is 1. The predicted octanol–water partition coefficient (Wildman–Crippen LogP) is 3.84. The van der Waals surface area contributed by atoms with Crippen molar-refractivity contribution >= 4 is 5.57 Å². The lowest BCUT2D eigenvalue weighted by atomic mass is 9.98. The monoisotopic (exact) mass is 325 g/mol. The maximum absolute atomic E-state index is 13.5. The molecule has 1 aliphatic heterocycles. The van der Waals surface area contributed by atoms with Crippen LogP contribution in [0.2, 0.25) is 0 Å². The Morgan fingerprint density at radius 3 is 2.71 bits per heavy atom. The first kappa shape index (κ1) is 15.3. The SMILES string of the molecule is CN1CCC(c2nc(-c3ccc(C4=CC(F)CC=C4)cc3)no2)C1. The number of alkyl halides is 1. The van der Waals surface area contributed by atoms with Crippen LogP contribution in [-0.2, 0) is 0 Å². The fraction of sp³-hybridized carbons (Fsp3) is 0.368. The molecule has 2 unspecified atom stereocenters. The third kappa shape index (κ3) is 3.04. The smallest absolute Gasteiger partial charge is 0.231 e. The Morgan fingerprint density at radius 2 is 2.00 bits per heavy atom. The summed E-state index contributed by atoms with van der Waals surface area (Å²) in [7, 11) is 2.10. The number of aromatic nitrogens is 2. The van der Waals surface area contributed by atoms with Gasteiger partial charge in [-0.1, -0.05) is 41.6 Å². The van der Waals surface area contributed by atoms with Crippen molar-refractivity contribution in [2.75, 3.05) is 20.1 Å². The van der Waals surface area contributed by atoms with Gasteiger partial charge in [-0.25, -0.2) is 4.39 Å². The molecule has 1 aliphatic carbocycles. The van der Waals surface area contributed by atoms with Crippen LogP contribution in [0.4, 0.5) is 4.39 Å². The van der Waals surface area contributed by atoms with Crippen LogP contribution in [0.15, 0.2) is 47.0 Å². The maximum atomic E-state index is 13.5. The van der Waals surface area contributed by atoms with Gasteiger partial charge in [0.1, 0.15) is 6.17 Å². The summed E-state index contributed by atoms with van der Waals surface area (Å²) in [4.78, 5) is 6.83. The molecule has 2 aliphatic rings. The first-order valence-corrected chi connectivity index (χ1v) is 8.34. The number of likely N-dealkylation sites (tertiary alicyclic amines) is 1. The molecule has 0 bridgehead atoms. The molecule has 4 rings (SSSR count). The lowest BCUT2D eigenvalue weighted by Crippen LogP contribution is -2.13. The standard InChI is InChI=1S/C19H20FN3O/c1-23-10-9-16(12-23)19-21-18(22-24-19)14-7-5-13(6-8-14)15-3-2-4-17(20)11-15/h2-3,5-8,11,16-17H,4,9-10,12H2,1H3. The Hall–Kier alpha value is -2.27. The molecule has 0 saturated carbocycles. The van der Waals surface area contributed by atoms with Crippen molar-refractivity contribution in [1.82, 2.24) is 15.0 Å². The normalized spacial score (nSPS) is 24.3. The molecule has 0 amide bonds. The second kappa shape index (κ2) is 6.32. The summed E-state index contributed by atoms with van der Waals surface area (Å²) in [6, 6.07) is 7.87. The van der Waals surface area contributed by atoms with E-state index in [1.165, 1.54) is 0 Å². The van der Waals surface area contributed by atoms with Crippen LogP contribution in [0.1, 0.15) is 30.2 Å². The van der Waals surface area contributed by atoms with E-state index in [1.807, 2.05) is 36.4 Å². The van der Waals surface area contributed by atoms with E-state index in [1.54, 1.807) is 6.08 Å². The Labute approximate surface area is 140 Å². The minimum atomic E-state index is -0.894. The van der Waals surface area contributed by atoms with E-state index in [0.717, 1.165) is 42.1 Å². The van der Waals surface area contributed by atoms with Gasteiger partial charge in [-0.2, -0.15) is 4.98 Å². The zero-order chi connectivity index (χ0) is 16.5. The number of hydrogen-bond donors (Lipinski definition) is 0. The summed E-state index contributed by atoms with van der Waals surface area (Å²) >= 11 is 0. The van der Waals surface area contributed by atoms with Gasteiger partial charge in [0, 0.05) is 18.5 Å². The maximum Gasteiger partial charge on any atom is 0.231 e. The Bertz CT molecular complexity index is 778. The topological polar surface area (TPSA) is 42.2 Å². The molecule has 5 heteroatoms. The fourth-order valence-electron chi connectivity index (χ4n) is 3.30. The van der Waals surface area contributed by atoms with Crippen LogP contribution in [-0.4, -0.2) is 41.3 Å². The number of hydrogen-bond acceptors (Lipinski definition) is 4. The summed E-state index contributed by atoms with van der Waals surface area (Å²) in [5.74, 6) is 1.66. The van der Waals surface area contributed by atoms with Crippen LogP contribution < -0.4 is 0 Å². The van der Waals surface area contributed by atoms with E-state index in [-0.39, 0.29) is 0 Å². The molecule has 0 radical (unpaired) electrons. The summed E-state index contributed by atoms with van der Waals surface area (Å²) in [5.41, 5.74) is 2.83. The largest absolute Gasteiger partial charge is 0.339 e. The minimum absolute atomic E-state index is 0.328. The number of halogens is 1. The molecular weight excluding hydrogens is 305 g/mol. The molecule has 24 heavy (non-hydrogen) atoms. The molecule has 2 heterocycles. The number of likely N-dealkylation sites (N-methyl/N-ethyl adjacent to an activating group) is 1. The Morgan fingerprint density at radius 1 is 1.21 bits per heavy atom. The second-order valence-corrected chi connectivity index (χ2v) is 6.56. The zero-order valence-electron chi connectivity index (χ0n) is 13.7. The van der Waals surface area contributed by atoms with Gasteiger partial charge in [0.15, 0.2) is 0 Å². The molecule has 0 spiro atoms. The van der Waals surface area contributed by atoms with Crippen molar-refractivity contribution in [3.63, 3.8) is 0 Å². The molecule has 4 nitrogen and oxygen atoms in total. The van der Waals surface area contributed by atoms with Crippen LogP contribution in [0, 0.1) is 0 Å². The van der Waals surface area contributed by atoms with Gasteiger partial charge in [-0.05, 0) is 37.2 Å². The average molecular weight is 325 g/mol. The van der Waals surface area contributed by atoms with Gasteiger partial charge < -0.3 is 9.42 Å². The van der Waals surface area contributed by atoms with Gasteiger partial charge in [-0.15, -0.1) is 0 Å². The lowest BCUT2D eigenvalue weighted by molar-refractivity contribution is 0.345. The van der Waals surface area contributed by atoms with Gasteiger partial charge in [0.05, 0.1) is 5.92 Å². The van der Waals surface area contributed by atoms with E-state index in [4.69, 9.17) is 4.52 Å². The molecule has 1 fully saturated rings. The lowest BCUT2D eigenvalue weighted by Gasteiger charge is -2.10. The molecule has 1 aromatic heterocycles. The number of allylic oxidation sites excluding steroid dienone is 4. The highest BCUT2D eigenvalue weighted by atomic mass is 19.1. The van der Waals surface area contributed by atoms with Crippen LogP contribution >= 0.6 is 0 Å². The second-order valence-electron chi connectivity index (χ2n) is 6.56. The van der Waals surface area contributed by atoms with Gasteiger partial charge >= 0.3 is 0 Å². The van der Waals surface area contributed by atoms with Crippen molar-refractivity contribution < 1.29 is 8.91 Å². The van der Waals surface area contributed by atoms with E-state index in [9.17, 15) is 4.39 Å². The Kier molecular flexibility index (Phi) is 4.02. The summed E-state index contributed by atoms with van der Waals surface area (Å²) in [6.07, 6.45) is 6.13. The molecule has 1 aromatic carbocycles. The average Bonchev–Trinajstić information content (AvgIpc) is 3.24. The minimum Gasteiger partial charge on any atom is -0.339 e. The first-order valence-electron chi connectivity index (χ1n) is 8.34.